The zero-order valence-electron chi connectivity index (χ0n) is 26.8. The monoisotopic (exact) mass is 584 g/mol. The van der Waals surface area contributed by atoms with E-state index in [2.05, 4.69) is 96.5 Å². The maximum atomic E-state index is 13.7. The second-order valence-corrected chi connectivity index (χ2v) is 10.8. The molecule has 4 rings (SSSR count). The molecule has 43 heavy (non-hydrogen) atoms. The van der Waals surface area contributed by atoms with Gasteiger partial charge in [0.15, 0.2) is 0 Å². The van der Waals surface area contributed by atoms with Crippen LogP contribution in [0.2, 0.25) is 0 Å². The van der Waals surface area contributed by atoms with Crippen molar-refractivity contribution in [2.45, 2.75) is 53.8 Å². The Bertz CT molecular complexity index is 1380. The van der Waals surface area contributed by atoms with E-state index in [0.717, 1.165) is 48.6 Å². The third-order valence-corrected chi connectivity index (χ3v) is 7.22. The number of hydrogen-bond acceptors (Lipinski definition) is 7. The van der Waals surface area contributed by atoms with Crippen LogP contribution in [-0.2, 0) is 24.4 Å². The molecule has 230 valence electrons. The molecule has 1 aliphatic rings. The van der Waals surface area contributed by atoms with E-state index in [4.69, 9.17) is 0 Å². The van der Waals surface area contributed by atoms with Gasteiger partial charge in [-0.3, -0.25) is 9.69 Å². The summed E-state index contributed by atoms with van der Waals surface area (Å²) in [5, 5.41) is 11.8. The standard InChI is InChI=1S/C30H37N7O.C4H11N/c1-6-23(2)17-28-29(31-3)35(5)15-16-37(30(28)38)27-14-10-13-25(18-27)20-36-22-26(32-33-36)21-34(4)19-24-11-8-7-9-12-24;1-3-5-4-2/h7-14,17-18,22H,3,6,15-16,19-21H2,1-2,4-5H3;5H,3-4H2,1-2H3/b23-17-;. The van der Waals surface area contributed by atoms with Crippen molar-refractivity contribution in [1.82, 2.24) is 30.1 Å². The summed E-state index contributed by atoms with van der Waals surface area (Å²) in [6.45, 7) is 17.6. The van der Waals surface area contributed by atoms with Crippen molar-refractivity contribution in [2.75, 3.05) is 45.2 Å². The van der Waals surface area contributed by atoms with Crippen LogP contribution in [0, 0.1) is 0 Å². The summed E-state index contributed by atoms with van der Waals surface area (Å²) in [6, 6.07) is 18.5. The summed E-state index contributed by atoms with van der Waals surface area (Å²) >= 11 is 0. The molecule has 0 bridgehead atoms. The lowest BCUT2D eigenvalue weighted by molar-refractivity contribution is -0.114. The third kappa shape index (κ3) is 10.0. The number of likely N-dealkylation sites (N-methyl/N-ethyl adjacent to an activating group) is 1. The predicted molar refractivity (Wildman–Crippen MR) is 177 cm³/mol. The first-order valence-corrected chi connectivity index (χ1v) is 15.1. The number of carbonyl (C=O) groups excluding carboxylic acids is 1. The molecule has 0 radical (unpaired) electrons. The molecule has 2 aromatic carbocycles. The highest BCUT2D eigenvalue weighted by atomic mass is 16.2. The van der Waals surface area contributed by atoms with Crippen molar-refractivity contribution in [1.29, 1.82) is 0 Å². The molecule has 1 aromatic heterocycles. The van der Waals surface area contributed by atoms with Crippen LogP contribution < -0.4 is 10.2 Å². The van der Waals surface area contributed by atoms with Crippen molar-refractivity contribution in [3.8, 4) is 0 Å². The lowest BCUT2D eigenvalue weighted by atomic mass is 10.1. The summed E-state index contributed by atoms with van der Waals surface area (Å²) in [6.07, 6.45) is 4.79. The first-order valence-electron chi connectivity index (χ1n) is 15.1. The van der Waals surface area contributed by atoms with E-state index in [0.29, 0.717) is 37.6 Å². The number of rotatable bonds is 12. The average Bonchev–Trinajstić information content (AvgIpc) is 3.39. The fraction of sp³-hybridized carbons (Fsp3) is 0.412. The van der Waals surface area contributed by atoms with Crippen molar-refractivity contribution in [3.63, 3.8) is 0 Å². The second kappa shape index (κ2) is 17.1. The molecule has 1 aliphatic heterocycles. The molecule has 3 aromatic rings. The van der Waals surface area contributed by atoms with Crippen molar-refractivity contribution < 1.29 is 4.79 Å². The molecule has 2 heterocycles. The van der Waals surface area contributed by atoms with Crippen LogP contribution >= 0.6 is 0 Å². The third-order valence-electron chi connectivity index (χ3n) is 7.22. The van der Waals surface area contributed by atoms with Crippen LogP contribution in [0.5, 0.6) is 0 Å². The largest absolute Gasteiger partial charge is 0.357 e. The Hall–Kier alpha value is -4.08. The normalized spacial score (nSPS) is 14.1. The van der Waals surface area contributed by atoms with Gasteiger partial charge in [-0.25, -0.2) is 9.67 Å². The highest BCUT2D eigenvalue weighted by molar-refractivity contribution is 6.08. The zero-order chi connectivity index (χ0) is 31.2. The average molecular weight is 585 g/mol. The van der Waals surface area contributed by atoms with Crippen molar-refractivity contribution in [2.24, 2.45) is 4.99 Å². The number of carbonyl (C=O) groups is 1. The van der Waals surface area contributed by atoms with E-state index in [1.54, 1.807) is 0 Å². The summed E-state index contributed by atoms with van der Waals surface area (Å²) in [5.41, 5.74) is 5.79. The van der Waals surface area contributed by atoms with Gasteiger partial charge in [-0.1, -0.05) is 74.0 Å². The minimum Gasteiger partial charge on any atom is -0.357 e. The Morgan fingerprint density at radius 1 is 1.05 bits per heavy atom. The lowest BCUT2D eigenvalue weighted by Gasteiger charge is -2.22. The SMILES string of the molecule is C=NC1=C(/C=C(/C)CC)C(=O)N(c2cccc(Cn3cc(CN(C)Cc4ccccc4)nn3)c2)CCN1C.CCNCC. The van der Waals surface area contributed by atoms with Gasteiger partial charge in [-0.05, 0) is 69.5 Å². The van der Waals surface area contributed by atoms with Crippen LogP contribution in [0.1, 0.15) is 50.9 Å². The fourth-order valence-electron chi connectivity index (χ4n) is 4.81. The van der Waals surface area contributed by atoms with Crippen LogP contribution in [0.25, 0.3) is 0 Å². The zero-order valence-corrected chi connectivity index (χ0v) is 26.8. The number of hydrogen-bond donors (Lipinski definition) is 1. The van der Waals surface area contributed by atoms with Gasteiger partial charge < -0.3 is 15.1 Å². The number of allylic oxidation sites excluding steroid dienone is 1. The highest BCUT2D eigenvalue weighted by Gasteiger charge is 2.27. The van der Waals surface area contributed by atoms with Crippen molar-refractivity contribution in [3.05, 3.63) is 101 Å². The van der Waals surface area contributed by atoms with Gasteiger partial charge in [0.2, 0.25) is 0 Å². The summed E-state index contributed by atoms with van der Waals surface area (Å²) < 4.78 is 1.85. The number of nitrogens with one attached hydrogen (secondary N) is 1. The smallest absolute Gasteiger partial charge is 0.262 e. The van der Waals surface area contributed by atoms with Gasteiger partial charge in [0.05, 0.1) is 24.0 Å². The first-order chi connectivity index (χ1) is 20.8. The van der Waals surface area contributed by atoms with Gasteiger partial charge in [-0.15, -0.1) is 5.10 Å². The number of aliphatic imine (C=N–C) groups is 1. The molecular weight excluding hydrogens is 536 g/mol. The number of anilines is 1. The Morgan fingerprint density at radius 2 is 1.77 bits per heavy atom. The van der Waals surface area contributed by atoms with E-state index in [-0.39, 0.29) is 5.91 Å². The molecule has 0 unspecified atom stereocenters. The van der Waals surface area contributed by atoms with Crippen molar-refractivity contribution >= 4 is 18.3 Å². The highest BCUT2D eigenvalue weighted by Crippen LogP contribution is 2.26. The van der Waals surface area contributed by atoms with Crippen LogP contribution in [0.3, 0.4) is 0 Å². The first kappa shape index (κ1) is 33.4. The van der Waals surface area contributed by atoms with Crippen LogP contribution in [-0.4, -0.2) is 77.7 Å². The molecular formula is C34H48N8O. The lowest BCUT2D eigenvalue weighted by Crippen LogP contribution is -2.34. The maximum Gasteiger partial charge on any atom is 0.262 e. The molecule has 1 amide bonds. The van der Waals surface area contributed by atoms with Crippen LogP contribution in [0.15, 0.2) is 88.8 Å². The molecule has 0 spiro atoms. The fourth-order valence-corrected chi connectivity index (χ4v) is 4.81. The molecule has 1 N–H and O–H groups in total. The number of amides is 1. The maximum absolute atomic E-state index is 13.7. The Morgan fingerprint density at radius 3 is 2.42 bits per heavy atom. The molecule has 0 aliphatic carbocycles. The number of aromatic nitrogens is 3. The minimum atomic E-state index is -0.0637. The van der Waals surface area contributed by atoms with Gasteiger partial charge in [0.1, 0.15) is 5.82 Å². The molecule has 0 atom stereocenters. The van der Waals surface area contributed by atoms with Gasteiger partial charge in [0.25, 0.3) is 5.91 Å². The quantitative estimate of drug-likeness (QED) is 0.298. The Labute approximate surface area is 257 Å². The Kier molecular flexibility index (Phi) is 13.3. The van der Waals surface area contributed by atoms with E-state index < -0.39 is 0 Å². The van der Waals surface area contributed by atoms with Gasteiger partial charge in [0, 0.05) is 38.9 Å². The van der Waals surface area contributed by atoms with Gasteiger partial charge in [-0.2, -0.15) is 0 Å². The number of nitrogens with zero attached hydrogens (tertiary/aromatic N) is 7. The molecule has 0 saturated carbocycles. The van der Waals surface area contributed by atoms with Crippen LogP contribution in [0.4, 0.5) is 5.69 Å². The van der Waals surface area contributed by atoms with Gasteiger partial charge >= 0.3 is 0 Å². The topological polar surface area (TPSA) is 81.9 Å². The minimum absolute atomic E-state index is 0.0637. The molecule has 0 fully saturated rings. The van der Waals surface area contributed by atoms with E-state index in [1.165, 1.54) is 5.56 Å². The summed E-state index contributed by atoms with van der Waals surface area (Å²) in [5.74, 6) is 0.556. The molecule has 9 heteroatoms. The summed E-state index contributed by atoms with van der Waals surface area (Å²) in [4.78, 5) is 23.9. The molecule has 0 saturated heterocycles. The van der Waals surface area contributed by atoms with E-state index in [1.807, 2.05) is 58.9 Å². The Balaban J connectivity index is 0.000000934. The number of benzene rings is 2. The predicted octanol–water partition coefficient (Wildman–Crippen LogP) is 5.12. The van der Waals surface area contributed by atoms with E-state index in [9.17, 15) is 4.79 Å². The second-order valence-electron chi connectivity index (χ2n) is 10.8. The molecule has 9 nitrogen and oxygen atoms in total. The summed E-state index contributed by atoms with van der Waals surface area (Å²) in [7, 11) is 4.03. The van der Waals surface area contributed by atoms with E-state index >= 15 is 0 Å².